The number of ether oxygens (including phenoxy) is 2. The van der Waals surface area contributed by atoms with Crippen LogP contribution in [0, 0.1) is 0 Å². The van der Waals surface area contributed by atoms with Crippen molar-refractivity contribution in [3.63, 3.8) is 0 Å². The van der Waals surface area contributed by atoms with Crippen LogP contribution in [0.15, 0.2) is 24.0 Å². The summed E-state index contributed by atoms with van der Waals surface area (Å²) in [7, 11) is 0. The summed E-state index contributed by atoms with van der Waals surface area (Å²) in [5.41, 5.74) is 1.88. The summed E-state index contributed by atoms with van der Waals surface area (Å²) in [5, 5.41) is 2.99. The predicted octanol–water partition coefficient (Wildman–Crippen LogP) is 2.44. The second-order valence-corrected chi connectivity index (χ2v) is 7.47. The van der Waals surface area contributed by atoms with Gasteiger partial charge in [0, 0.05) is 38.5 Å². The number of carbonyl (C=O) groups is 1. The van der Waals surface area contributed by atoms with Crippen molar-refractivity contribution < 1.29 is 14.3 Å². The largest absolute Gasteiger partial charge is 0.356 e. The summed E-state index contributed by atoms with van der Waals surface area (Å²) < 4.78 is 11.5. The van der Waals surface area contributed by atoms with E-state index in [4.69, 9.17) is 9.47 Å². The first-order valence-corrected chi connectivity index (χ1v) is 10.1. The number of allylic oxidation sites excluding steroid dienone is 1. The number of nitrogens with zero attached hydrogens (tertiary/aromatic N) is 3. The summed E-state index contributed by atoms with van der Waals surface area (Å²) in [5.74, 6) is 0.251. The Morgan fingerprint density at radius 3 is 2.74 bits per heavy atom. The first-order chi connectivity index (χ1) is 13.2. The summed E-state index contributed by atoms with van der Waals surface area (Å²) >= 11 is 0. The van der Waals surface area contributed by atoms with Crippen molar-refractivity contribution >= 4 is 11.7 Å². The van der Waals surface area contributed by atoms with E-state index in [9.17, 15) is 4.79 Å². The van der Waals surface area contributed by atoms with Crippen molar-refractivity contribution in [2.24, 2.45) is 0 Å². The van der Waals surface area contributed by atoms with Crippen LogP contribution in [0.3, 0.4) is 0 Å². The van der Waals surface area contributed by atoms with E-state index in [2.05, 4.69) is 26.3 Å². The Morgan fingerprint density at radius 2 is 2.00 bits per heavy atom. The van der Waals surface area contributed by atoms with Crippen LogP contribution in [0.5, 0.6) is 0 Å². The second kappa shape index (κ2) is 8.35. The number of nitrogens with one attached hydrogen (secondary N) is 1. The highest BCUT2D eigenvalue weighted by atomic mass is 16.7. The van der Waals surface area contributed by atoms with Crippen LogP contribution in [0.25, 0.3) is 0 Å². The van der Waals surface area contributed by atoms with Crippen LogP contribution in [-0.2, 0) is 9.47 Å². The summed E-state index contributed by atoms with van der Waals surface area (Å²) in [6, 6.07) is 1.78. The van der Waals surface area contributed by atoms with Crippen molar-refractivity contribution in [1.82, 2.24) is 15.3 Å². The summed E-state index contributed by atoms with van der Waals surface area (Å²) in [6.45, 7) is 3.60. The van der Waals surface area contributed by atoms with Gasteiger partial charge in [-0.25, -0.2) is 9.97 Å². The van der Waals surface area contributed by atoms with Gasteiger partial charge in [-0.15, -0.1) is 0 Å². The van der Waals surface area contributed by atoms with Gasteiger partial charge in [-0.3, -0.25) is 4.79 Å². The number of amides is 1. The molecule has 2 fully saturated rings. The van der Waals surface area contributed by atoms with Crippen LogP contribution >= 0.6 is 0 Å². The van der Waals surface area contributed by atoms with Crippen molar-refractivity contribution in [2.75, 3.05) is 37.7 Å². The molecule has 2 saturated heterocycles. The lowest BCUT2D eigenvalue weighted by Gasteiger charge is -2.38. The zero-order valence-corrected chi connectivity index (χ0v) is 15.8. The first-order valence-electron chi connectivity index (χ1n) is 10.1. The van der Waals surface area contributed by atoms with Crippen molar-refractivity contribution in [3.05, 3.63) is 29.7 Å². The van der Waals surface area contributed by atoms with Gasteiger partial charge < -0.3 is 19.7 Å². The fraction of sp³-hybridized carbons (Fsp3) is 0.650. The molecule has 1 aromatic heterocycles. The molecule has 1 spiro atoms. The normalized spacial score (nSPS) is 21.9. The molecule has 0 unspecified atom stereocenters. The third-order valence-corrected chi connectivity index (χ3v) is 5.66. The third-order valence-electron chi connectivity index (χ3n) is 5.66. The van der Waals surface area contributed by atoms with E-state index in [0.29, 0.717) is 25.5 Å². The number of rotatable bonds is 5. The molecule has 1 aliphatic carbocycles. The molecule has 0 atom stereocenters. The number of hydrogen-bond acceptors (Lipinski definition) is 6. The van der Waals surface area contributed by atoms with Crippen molar-refractivity contribution in [3.8, 4) is 0 Å². The zero-order chi connectivity index (χ0) is 18.5. The lowest BCUT2D eigenvalue weighted by Crippen LogP contribution is -2.45. The molecule has 7 heteroatoms. The van der Waals surface area contributed by atoms with Crippen molar-refractivity contribution in [2.45, 2.75) is 50.7 Å². The van der Waals surface area contributed by atoms with Gasteiger partial charge in [0.1, 0.15) is 17.8 Å². The van der Waals surface area contributed by atoms with E-state index < -0.39 is 5.79 Å². The quantitative estimate of drug-likeness (QED) is 0.800. The summed E-state index contributed by atoms with van der Waals surface area (Å²) in [4.78, 5) is 23.1. The molecule has 0 saturated carbocycles. The monoisotopic (exact) mass is 372 g/mol. The molecule has 4 rings (SSSR count). The second-order valence-electron chi connectivity index (χ2n) is 7.47. The predicted molar refractivity (Wildman–Crippen MR) is 102 cm³/mol. The average molecular weight is 372 g/mol. The molecule has 1 amide bonds. The standard InChI is InChI=1S/C20H28N4O3/c25-19(21-9-6-16-4-2-1-3-5-16)17-14-18(23-15-22-17)24-10-7-20(8-11-24)26-12-13-27-20/h4,14-15H,1-3,5-13H2,(H,21,25). The average Bonchev–Trinajstić information content (AvgIpc) is 3.17. The molecule has 2 aliphatic heterocycles. The Morgan fingerprint density at radius 1 is 1.19 bits per heavy atom. The Bertz CT molecular complexity index is 690. The number of carbonyl (C=O) groups excluding carboxylic acids is 1. The van der Waals surface area contributed by atoms with E-state index in [-0.39, 0.29) is 5.91 Å². The topological polar surface area (TPSA) is 76.6 Å². The van der Waals surface area contributed by atoms with E-state index >= 15 is 0 Å². The summed E-state index contributed by atoms with van der Waals surface area (Å²) in [6.07, 6.45) is 11.2. The molecule has 0 aromatic carbocycles. The molecule has 146 valence electrons. The molecule has 27 heavy (non-hydrogen) atoms. The highest BCUT2D eigenvalue weighted by Gasteiger charge is 2.40. The molecule has 3 heterocycles. The zero-order valence-electron chi connectivity index (χ0n) is 15.8. The minimum atomic E-state index is -0.405. The maximum Gasteiger partial charge on any atom is 0.270 e. The SMILES string of the molecule is O=C(NCCC1=CCCCC1)c1cc(N2CCC3(CC2)OCCO3)ncn1. The fourth-order valence-corrected chi connectivity index (χ4v) is 4.07. The van der Waals surface area contributed by atoms with Gasteiger partial charge in [-0.05, 0) is 32.1 Å². The number of piperidine rings is 1. The Hall–Kier alpha value is -1.99. The maximum absolute atomic E-state index is 12.4. The molecular formula is C20H28N4O3. The van der Waals surface area contributed by atoms with Gasteiger partial charge in [-0.1, -0.05) is 11.6 Å². The van der Waals surface area contributed by atoms with Gasteiger partial charge in [-0.2, -0.15) is 0 Å². The van der Waals surface area contributed by atoms with E-state index in [1.165, 1.54) is 31.2 Å². The maximum atomic E-state index is 12.4. The number of aromatic nitrogens is 2. The molecule has 3 aliphatic rings. The Balaban J connectivity index is 1.30. The first kappa shape index (κ1) is 18.4. The smallest absolute Gasteiger partial charge is 0.270 e. The van der Waals surface area contributed by atoms with Gasteiger partial charge in [0.15, 0.2) is 5.79 Å². The van der Waals surface area contributed by atoms with E-state index in [0.717, 1.165) is 44.6 Å². The van der Waals surface area contributed by atoms with Crippen LogP contribution in [0.4, 0.5) is 5.82 Å². The van der Waals surface area contributed by atoms with Crippen molar-refractivity contribution in [1.29, 1.82) is 0 Å². The highest BCUT2D eigenvalue weighted by molar-refractivity contribution is 5.92. The third kappa shape index (κ3) is 4.47. The molecule has 0 bridgehead atoms. The Labute approximate surface area is 160 Å². The van der Waals surface area contributed by atoms with Gasteiger partial charge in [0.05, 0.1) is 13.2 Å². The van der Waals surface area contributed by atoms with Crippen LogP contribution in [0.2, 0.25) is 0 Å². The van der Waals surface area contributed by atoms with E-state index in [1.807, 2.05) is 0 Å². The Kier molecular flexibility index (Phi) is 5.69. The lowest BCUT2D eigenvalue weighted by atomic mass is 9.97. The van der Waals surface area contributed by atoms with Gasteiger partial charge in [0.25, 0.3) is 5.91 Å². The molecular weight excluding hydrogens is 344 g/mol. The fourth-order valence-electron chi connectivity index (χ4n) is 4.07. The minimum Gasteiger partial charge on any atom is -0.356 e. The van der Waals surface area contributed by atoms with Gasteiger partial charge >= 0.3 is 0 Å². The van der Waals surface area contributed by atoms with Gasteiger partial charge in [0.2, 0.25) is 0 Å². The molecule has 0 radical (unpaired) electrons. The number of hydrogen-bond donors (Lipinski definition) is 1. The minimum absolute atomic E-state index is 0.133. The number of anilines is 1. The molecule has 1 N–H and O–H groups in total. The van der Waals surface area contributed by atoms with E-state index in [1.54, 1.807) is 6.07 Å². The lowest BCUT2D eigenvalue weighted by molar-refractivity contribution is -0.169. The van der Waals surface area contributed by atoms with Crippen LogP contribution in [-0.4, -0.2) is 54.5 Å². The van der Waals surface area contributed by atoms with Crippen LogP contribution < -0.4 is 10.2 Å². The van der Waals surface area contributed by atoms with Crippen LogP contribution in [0.1, 0.15) is 55.4 Å². The molecule has 1 aromatic rings. The molecule has 7 nitrogen and oxygen atoms in total. The highest BCUT2D eigenvalue weighted by Crippen LogP contribution is 2.32.